The monoisotopic (exact) mass is 373 g/mol. The van der Waals surface area contributed by atoms with Crippen molar-refractivity contribution in [3.63, 3.8) is 0 Å². The Morgan fingerprint density at radius 1 is 1.50 bits per heavy atom. The number of anilines is 1. The average Bonchev–Trinajstić information content (AvgIpc) is 2.83. The smallest absolute Gasteiger partial charge is 0.256 e. The van der Waals surface area contributed by atoms with E-state index < -0.39 is 0 Å². The van der Waals surface area contributed by atoms with Crippen LogP contribution in [0.2, 0.25) is 5.02 Å². The lowest BCUT2D eigenvalue weighted by Gasteiger charge is -2.18. The third-order valence-electron chi connectivity index (χ3n) is 2.73. The van der Waals surface area contributed by atoms with Crippen molar-refractivity contribution in [2.75, 3.05) is 12.5 Å². The molecule has 20 heavy (non-hydrogen) atoms. The van der Waals surface area contributed by atoms with Crippen LogP contribution < -0.4 is 11.3 Å². The molecule has 106 valence electrons. The maximum Gasteiger partial charge on any atom is 0.256 e. The van der Waals surface area contributed by atoms with E-state index in [4.69, 9.17) is 17.4 Å². The van der Waals surface area contributed by atoms with Gasteiger partial charge in [-0.2, -0.15) is 0 Å². The second-order valence-electron chi connectivity index (χ2n) is 4.23. The zero-order chi connectivity index (χ0) is 14.7. The fourth-order valence-electron chi connectivity index (χ4n) is 1.77. The number of nitrogen functional groups attached to an aromatic ring is 1. The van der Waals surface area contributed by atoms with Crippen LogP contribution in [0.5, 0.6) is 0 Å². The number of carbonyl (C=O) groups is 1. The van der Waals surface area contributed by atoms with Crippen LogP contribution in [-0.4, -0.2) is 17.9 Å². The molecule has 0 aliphatic heterocycles. The zero-order valence-corrected chi connectivity index (χ0v) is 13.8. The van der Waals surface area contributed by atoms with Crippen molar-refractivity contribution in [1.29, 1.82) is 0 Å². The Labute approximate surface area is 134 Å². The molecule has 1 aromatic carbocycles. The molecule has 4 nitrogen and oxygen atoms in total. The Bertz CT molecular complexity index is 632. The summed E-state index contributed by atoms with van der Waals surface area (Å²) in [6.07, 6.45) is 0. The van der Waals surface area contributed by atoms with Gasteiger partial charge in [0.25, 0.3) is 5.91 Å². The molecule has 0 spiro atoms. The molecule has 0 saturated carbocycles. The first-order valence-electron chi connectivity index (χ1n) is 5.76. The first-order chi connectivity index (χ1) is 9.51. The molecule has 0 aliphatic carbocycles. The number of benzene rings is 1. The van der Waals surface area contributed by atoms with E-state index in [0.717, 1.165) is 9.35 Å². The van der Waals surface area contributed by atoms with E-state index in [-0.39, 0.29) is 5.91 Å². The van der Waals surface area contributed by atoms with Gasteiger partial charge in [0.05, 0.1) is 17.8 Å². The minimum absolute atomic E-state index is 0.134. The number of hydrogen-bond acceptors (Lipinski definition) is 4. The van der Waals surface area contributed by atoms with E-state index in [1.807, 2.05) is 11.4 Å². The van der Waals surface area contributed by atoms with Gasteiger partial charge in [0.15, 0.2) is 0 Å². The van der Waals surface area contributed by atoms with Gasteiger partial charge in [-0.3, -0.25) is 10.6 Å². The van der Waals surface area contributed by atoms with Crippen LogP contribution in [-0.2, 0) is 6.54 Å². The van der Waals surface area contributed by atoms with Crippen molar-refractivity contribution in [2.24, 2.45) is 5.84 Å². The maximum absolute atomic E-state index is 12.5. The van der Waals surface area contributed by atoms with Crippen LogP contribution >= 0.6 is 38.9 Å². The Balaban J connectivity index is 2.20. The molecule has 7 heteroatoms. The summed E-state index contributed by atoms with van der Waals surface area (Å²) in [6.45, 7) is 0.533. The summed E-state index contributed by atoms with van der Waals surface area (Å²) in [6, 6.07) is 6.98. The van der Waals surface area contributed by atoms with Crippen molar-refractivity contribution < 1.29 is 4.79 Å². The number of rotatable bonds is 4. The van der Waals surface area contributed by atoms with Gasteiger partial charge in [0, 0.05) is 26.8 Å². The molecule has 2 rings (SSSR count). The summed E-state index contributed by atoms with van der Waals surface area (Å²) in [7, 11) is 1.75. The standard InChI is InChI=1S/C13H13BrClN3OS/c1-18(6-10-4-8(14)7-20-10)13(19)11-5-9(15)2-3-12(11)17-16/h2-5,7,17H,6,16H2,1H3. The number of nitrogens with two attached hydrogens (primary N) is 1. The van der Waals surface area contributed by atoms with E-state index in [1.54, 1.807) is 41.5 Å². The molecule has 0 unspecified atom stereocenters. The summed E-state index contributed by atoms with van der Waals surface area (Å²) in [5.41, 5.74) is 3.53. The molecule has 0 atom stereocenters. The lowest BCUT2D eigenvalue weighted by molar-refractivity contribution is 0.0787. The number of thiophene rings is 1. The van der Waals surface area contributed by atoms with Gasteiger partial charge in [0.2, 0.25) is 0 Å². The van der Waals surface area contributed by atoms with Crippen LogP contribution in [0, 0.1) is 0 Å². The largest absolute Gasteiger partial charge is 0.336 e. The van der Waals surface area contributed by atoms with Gasteiger partial charge in [-0.15, -0.1) is 11.3 Å². The molecular formula is C13H13BrClN3OS. The van der Waals surface area contributed by atoms with Crippen molar-refractivity contribution >= 4 is 50.5 Å². The van der Waals surface area contributed by atoms with Gasteiger partial charge in [-0.25, -0.2) is 0 Å². The maximum atomic E-state index is 12.5. The molecule has 0 aliphatic rings. The van der Waals surface area contributed by atoms with E-state index in [2.05, 4.69) is 21.4 Å². The molecule has 0 fully saturated rings. The highest BCUT2D eigenvalue weighted by Crippen LogP contribution is 2.24. The third kappa shape index (κ3) is 3.52. The van der Waals surface area contributed by atoms with Gasteiger partial charge in [-0.05, 0) is 40.2 Å². The SMILES string of the molecule is CN(Cc1cc(Br)cs1)C(=O)c1cc(Cl)ccc1NN. The third-order valence-corrected chi connectivity index (χ3v) is 4.65. The van der Waals surface area contributed by atoms with Gasteiger partial charge >= 0.3 is 0 Å². The van der Waals surface area contributed by atoms with Crippen molar-refractivity contribution in [3.8, 4) is 0 Å². The minimum atomic E-state index is -0.134. The number of carbonyl (C=O) groups excluding carboxylic acids is 1. The summed E-state index contributed by atoms with van der Waals surface area (Å²) in [5.74, 6) is 5.29. The number of nitrogens with zero attached hydrogens (tertiary/aromatic N) is 1. The lowest BCUT2D eigenvalue weighted by Crippen LogP contribution is -2.27. The Morgan fingerprint density at radius 3 is 2.85 bits per heavy atom. The highest BCUT2D eigenvalue weighted by atomic mass is 79.9. The van der Waals surface area contributed by atoms with Crippen molar-refractivity contribution in [1.82, 2.24) is 4.90 Å². The van der Waals surface area contributed by atoms with Gasteiger partial charge < -0.3 is 10.3 Å². The first-order valence-corrected chi connectivity index (χ1v) is 7.81. The Morgan fingerprint density at radius 2 is 2.25 bits per heavy atom. The summed E-state index contributed by atoms with van der Waals surface area (Å²) < 4.78 is 1.02. The second kappa shape index (κ2) is 6.58. The van der Waals surface area contributed by atoms with Crippen molar-refractivity contribution in [3.05, 3.63) is 49.6 Å². The predicted molar refractivity (Wildman–Crippen MR) is 87.1 cm³/mol. The molecule has 0 bridgehead atoms. The lowest BCUT2D eigenvalue weighted by atomic mass is 10.1. The summed E-state index contributed by atoms with van der Waals surface area (Å²) >= 11 is 10.9. The molecule has 2 aromatic rings. The molecule has 1 aromatic heterocycles. The van der Waals surface area contributed by atoms with E-state index in [0.29, 0.717) is 22.8 Å². The quantitative estimate of drug-likeness (QED) is 0.633. The number of nitrogens with one attached hydrogen (secondary N) is 1. The number of hydrazine groups is 1. The molecule has 3 N–H and O–H groups in total. The number of hydrogen-bond donors (Lipinski definition) is 2. The molecular weight excluding hydrogens is 362 g/mol. The van der Waals surface area contributed by atoms with E-state index in [1.165, 1.54) is 0 Å². The van der Waals surface area contributed by atoms with E-state index >= 15 is 0 Å². The fourth-order valence-corrected chi connectivity index (χ4v) is 3.44. The molecule has 0 radical (unpaired) electrons. The Hall–Kier alpha value is -1.08. The average molecular weight is 375 g/mol. The topological polar surface area (TPSA) is 58.4 Å². The first kappa shape index (κ1) is 15.3. The van der Waals surface area contributed by atoms with Crippen LogP contribution in [0.1, 0.15) is 15.2 Å². The second-order valence-corrected chi connectivity index (χ2v) is 6.57. The fraction of sp³-hybridized carbons (Fsp3) is 0.154. The normalized spacial score (nSPS) is 10.4. The van der Waals surface area contributed by atoms with Crippen LogP contribution in [0.3, 0.4) is 0 Å². The number of halogens is 2. The van der Waals surface area contributed by atoms with Crippen molar-refractivity contribution in [2.45, 2.75) is 6.54 Å². The van der Waals surface area contributed by atoms with Crippen LogP contribution in [0.25, 0.3) is 0 Å². The summed E-state index contributed by atoms with van der Waals surface area (Å²) in [4.78, 5) is 15.2. The van der Waals surface area contributed by atoms with Crippen LogP contribution in [0.15, 0.2) is 34.1 Å². The van der Waals surface area contributed by atoms with Crippen LogP contribution in [0.4, 0.5) is 5.69 Å². The molecule has 1 heterocycles. The van der Waals surface area contributed by atoms with Gasteiger partial charge in [-0.1, -0.05) is 11.6 Å². The Kier molecular flexibility index (Phi) is 5.04. The molecule has 0 saturated heterocycles. The molecule has 1 amide bonds. The predicted octanol–water partition coefficient (Wildman–Crippen LogP) is 3.72. The number of amides is 1. The highest BCUT2D eigenvalue weighted by Gasteiger charge is 2.17. The zero-order valence-electron chi connectivity index (χ0n) is 10.7. The van der Waals surface area contributed by atoms with E-state index in [9.17, 15) is 4.79 Å². The minimum Gasteiger partial charge on any atom is -0.336 e. The highest BCUT2D eigenvalue weighted by molar-refractivity contribution is 9.10. The van der Waals surface area contributed by atoms with Gasteiger partial charge in [0.1, 0.15) is 0 Å². The summed E-state index contributed by atoms with van der Waals surface area (Å²) in [5, 5.41) is 2.49.